The van der Waals surface area contributed by atoms with Crippen molar-refractivity contribution >= 4 is 29.4 Å². The second-order valence-electron chi connectivity index (χ2n) is 8.58. The molecule has 0 unspecified atom stereocenters. The van der Waals surface area contributed by atoms with E-state index in [-0.39, 0.29) is 25.4 Å². The van der Waals surface area contributed by atoms with Gasteiger partial charge in [0.05, 0.1) is 49.3 Å². The second-order valence-corrected chi connectivity index (χ2v) is 9.59. The van der Waals surface area contributed by atoms with Crippen LogP contribution in [-0.2, 0) is 19.1 Å². The Morgan fingerprint density at radius 2 is 1.73 bits per heavy atom. The maximum Gasteiger partial charge on any atom is 0.344 e. The van der Waals surface area contributed by atoms with Crippen LogP contribution in [0, 0.1) is 0 Å². The predicted octanol–water partition coefficient (Wildman–Crippen LogP) is 2.76. The summed E-state index contributed by atoms with van der Waals surface area (Å²) in [5, 5.41) is 0. The summed E-state index contributed by atoms with van der Waals surface area (Å²) in [7, 11) is 3.05. The summed E-state index contributed by atoms with van der Waals surface area (Å²) in [6.45, 7) is 5.38. The fourth-order valence-electron chi connectivity index (χ4n) is 4.28. The summed E-state index contributed by atoms with van der Waals surface area (Å²) in [6, 6.07) is 11.6. The average Bonchev–Trinajstić information content (AvgIpc) is 3.25. The first-order chi connectivity index (χ1) is 19.3. The van der Waals surface area contributed by atoms with Crippen molar-refractivity contribution in [2.24, 2.45) is 4.99 Å². The Labute approximate surface area is 234 Å². The second kappa shape index (κ2) is 12.6. The minimum atomic E-state index is -0.725. The molecule has 1 aliphatic heterocycles. The number of rotatable bonds is 10. The first-order valence-corrected chi connectivity index (χ1v) is 13.4. The van der Waals surface area contributed by atoms with Crippen LogP contribution < -0.4 is 29.1 Å². The lowest BCUT2D eigenvalue weighted by molar-refractivity contribution is -0.145. The summed E-state index contributed by atoms with van der Waals surface area (Å²) in [6.07, 6.45) is 1.72. The molecule has 40 heavy (non-hydrogen) atoms. The van der Waals surface area contributed by atoms with Gasteiger partial charge in [0.25, 0.3) is 5.56 Å². The van der Waals surface area contributed by atoms with E-state index >= 15 is 0 Å². The molecule has 0 amide bonds. The molecule has 0 N–H and O–H groups in total. The molecule has 0 bridgehead atoms. The molecular formula is C29H30N2O8S. The predicted molar refractivity (Wildman–Crippen MR) is 149 cm³/mol. The lowest BCUT2D eigenvalue weighted by Crippen LogP contribution is -2.39. The van der Waals surface area contributed by atoms with E-state index in [4.69, 9.17) is 23.7 Å². The van der Waals surface area contributed by atoms with Gasteiger partial charge in [-0.3, -0.25) is 9.36 Å². The number of nitrogens with zero attached hydrogens (tertiary/aromatic N) is 2. The average molecular weight is 567 g/mol. The minimum Gasteiger partial charge on any atom is -0.497 e. The molecule has 0 fully saturated rings. The zero-order valence-electron chi connectivity index (χ0n) is 22.9. The number of fused-ring (bicyclic) bond motifs is 1. The Morgan fingerprint density at radius 1 is 1.00 bits per heavy atom. The molecule has 11 heteroatoms. The van der Waals surface area contributed by atoms with E-state index in [9.17, 15) is 14.4 Å². The molecule has 0 aliphatic carbocycles. The van der Waals surface area contributed by atoms with Crippen LogP contribution in [0.3, 0.4) is 0 Å². The zero-order valence-corrected chi connectivity index (χ0v) is 23.7. The monoisotopic (exact) mass is 566 g/mol. The molecule has 4 rings (SSSR count). The Morgan fingerprint density at radius 3 is 2.38 bits per heavy atom. The van der Waals surface area contributed by atoms with Crippen molar-refractivity contribution in [1.29, 1.82) is 0 Å². The van der Waals surface area contributed by atoms with Gasteiger partial charge in [0, 0.05) is 0 Å². The third-order valence-electron chi connectivity index (χ3n) is 6.08. The number of methoxy groups -OCH3 is 2. The zero-order chi connectivity index (χ0) is 28.8. The summed E-state index contributed by atoms with van der Waals surface area (Å²) in [4.78, 5) is 43.5. The van der Waals surface area contributed by atoms with Crippen molar-refractivity contribution in [3.63, 3.8) is 0 Å². The number of hydrogen-bond acceptors (Lipinski definition) is 10. The van der Waals surface area contributed by atoms with Gasteiger partial charge in [-0.05, 0) is 62.2 Å². The quantitative estimate of drug-likeness (QED) is 0.344. The van der Waals surface area contributed by atoms with E-state index in [1.54, 1.807) is 64.3 Å². The standard InChI is InChI=1S/C29H30N2O8S/c1-6-37-24(32)16-39-21-13-8-18(14-22(21)36-5)15-23-27(33)31-26(19-9-11-20(35-4)12-10-19)25(28(34)38-7-2)17(3)30-29(31)40-23/h8-15,26H,6-7,16H2,1-5H3/b23-15-/t26-/m0/s1. The third-order valence-corrected chi connectivity index (χ3v) is 7.07. The molecule has 0 spiro atoms. The molecule has 10 nitrogen and oxygen atoms in total. The van der Waals surface area contributed by atoms with E-state index in [1.165, 1.54) is 23.0 Å². The lowest BCUT2D eigenvalue weighted by Gasteiger charge is -2.24. The van der Waals surface area contributed by atoms with Gasteiger partial charge in [0.15, 0.2) is 22.9 Å². The Bertz CT molecular complexity index is 1620. The smallest absolute Gasteiger partial charge is 0.344 e. The minimum absolute atomic E-state index is 0.191. The molecule has 1 atom stereocenters. The summed E-state index contributed by atoms with van der Waals surface area (Å²) < 4.78 is 28.4. The normalized spacial score (nSPS) is 14.7. The van der Waals surface area contributed by atoms with E-state index in [0.717, 1.165) is 5.56 Å². The highest BCUT2D eigenvalue weighted by Crippen LogP contribution is 2.32. The highest BCUT2D eigenvalue weighted by atomic mass is 32.1. The summed E-state index contributed by atoms with van der Waals surface area (Å²) >= 11 is 1.22. The molecule has 2 aromatic carbocycles. The molecule has 1 aromatic heterocycles. The van der Waals surface area contributed by atoms with Crippen molar-refractivity contribution in [2.75, 3.05) is 34.0 Å². The van der Waals surface area contributed by atoms with Crippen molar-refractivity contribution in [3.8, 4) is 17.2 Å². The van der Waals surface area contributed by atoms with Gasteiger partial charge in [-0.1, -0.05) is 29.5 Å². The van der Waals surface area contributed by atoms with Gasteiger partial charge < -0.3 is 23.7 Å². The number of hydrogen-bond donors (Lipinski definition) is 0. The maximum absolute atomic E-state index is 13.8. The first-order valence-electron chi connectivity index (χ1n) is 12.6. The van der Waals surface area contributed by atoms with Crippen LogP contribution in [-0.4, -0.2) is 50.5 Å². The largest absolute Gasteiger partial charge is 0.497 e. The van der Waals surface area contributed by atoms with E-state index < -0.39 is 18.0 Å². The van der Waals surface area contributed by atoms with Gasteiger partial charge in [-0.2, -0.15) is 0 Å². The number of ether oxygens (including phenoxy) is 5. The number of benzene rings is 2. The molecule has 210 valence electrons. The third kappa shape index (κ3) is 5.94. The SMILES string of the molecule is CCOC(=O)COc1ccc(/C=c2\sc3n(c2=O)[C@@H](c2ccc(OC)cc2)C(C(=O)OCC)=C(C)N=3)cc1OC. The van der Waals surface area contributed by atoms with Crippen LogP contribution in [0.1, 0.15) is 37.9 Å². The number of allylic oxidation sites excluding steroid dienone is 1. The first kappa shape index (κ1) is 28.6. The van der Waals surface area contributed by atoms with Crippen LogP contribution in [0.2, 0.25) is 0 Å². The van der Waals surface area contributed by atoms with Gasteiger partial charge >= 0.3 is 11.9 Å². The Kier molecular flexibility index (Phi) is 9.05. The van der Waals surface area contributed by atoms with Gasteiger partial charge in [0.1, 0.15) is 5.75 Å². The number of carbonyl (C=O) groups excluding carboxylic acids is 2. The van der Waals surface area contributed by atoms with Crippen molar-refractivity contribution in [2.45, 2.75) is 26.8 Å². The Hall–Kier alpha value is -4.38. The van der Waals surface area contributed by atoms with E-state index in [1.807, 2.05) is 12.1 Å². The van der Waals surface area contributed by atoms with Gasteiger partial charge in [-0.15, -0.1) is 0 Å². The Balaban J connectivity index is 1.78. The van der Waals surface area contributed by atoms with E-state index in [0.29, 0.717) is 43.4 Å². The van der Waals surface area contributed by atoms with Crippen molar-refractivity contribution < 1.29 is 33.3 Å². The molecule has 0 saturated heterocycles. The fraction of sp³-hybridized carbons (Fsp3) is 0.310. The molecule has 2 heterocycles. The van der Waals surface area contributed by atoms with Crippen molar-refractivity contribution in [1.82, 2.24) is 4.57 Å². The maximum atomic E-state index is 13.8. The molecule has 0 radical (unpaired) electrons. The fourth-order valence-corrected chi connectivity index (χ4v) is 5.32. The highest BCUT2D eigenvalue weighted by Gasteiger charge is 2.33. The van der Waals surface area contributed by atoms with Crippen LogP contribution in [0.15, 0.2) is 63.5 Å². The summed E-state index contributed by atoms with van der Waals surface area (Å²) in [5.74, 6) is 0.393. The van der Waals surface area contributed by atoms with E-state index in [2.05, 4.69) is 4.99 Å². The molecule has 3 aromatic rings. The molecule has 0 saturated carbocycles. The number of carbonyl (C=O) groups is 2. The number of thiazole rings is 1. The highest BCUT2D eigenvalue weighted by molar-refractivity contribution is 7.07. The lowest BCUT2D eigenvalue weighted by atomic mass is 9.96. The van der Waals surface area contributed by atoms with Gasteiger partial charge in [0.2, 0.25) is 0 Å². The molecular weight excluding hydrogens is 536 g/mol. The summed E-state index contributed by atoms with van der Waals surface area (Å²) in [5.41, 5.74) is 1.87. The van der Waals surface area contributed by atoms with Crippen LogP contribution >= 0.6 is 11.3 Å². The number of aromatic nitrogens is 1. The topological polar surface area (TPSA) is 115 Å². The molecule has 1 aliphatic rings. The van der Waals surface area contributed by atoms with Crippen LogP contribution in [0.4, 0.5) is 0 Å². The van der Waals surface area contributed by atoms with Crippen LogP contribution in [0.25, 0.3) is 6.08 Å². The van der Waals surface area contributed by atoms with Crippen LogP contribution in [0.5, 0.6) is 17.2 Å². The van der Waals surface area contributed by atoms with Crippen molar-refractivity contribution in [3.05, 3.63) is 84.5 Å². The number of esters is 2. The van der Waals surface area contributed by atoms with Gasteiger partial charge in [-0.25, -0.2) is 14.6 Å².